The Morgan fingerprint density at radius 1 is 1.40 bits per heavy atom. The number of rotatable bonds is 3. The minimum atomic E-state index is -4.32. The van der Waals surface area contributed by atoms with E-state index >= 15 is 0 Å². The van der Waals surface area contributed by atoms with Crippen molar-refractivity contribution in [2.24, 2.45) is 0 Å². The molecule has 1 aromatic rings. The topological polar surface area (TPSA) is 29.1 Å². The summed E-state index contributed by atoms with van der Waals surface area (Å²) in [6.45, 7) is 1.82. The van der Waals surface area contributed by atoms with Crippen LogP contribution in [-0.2, 0) is 17.5 Å². The summed E-state index contributed by atoms with van der Waals surface area (Å²) in [7, 11) is 0. The van der Waals surface area contributed by atoms with Crippen LogP contribution in [0.4, 0.5) is 13.2 Å². The van der Waals surface area contributed by atoms with Gasteiger partial charge in [-0.15, -0.1) is 0 Å². The van der Waals surface area contributed by atoms with Crippen LogP contribution >= 0.6 is 0 Å². The molecule has 0 aliphatic carbocycles. The molecule has 0 aliphatic rings. The molecule has 2 nitrogen and oxygen atoms in total. The number of benzene rings is 1. The second-order valence-corrected chi connectivity index (χ2v) is 3.14. The lowest BCUT2D eigenvalue weighted by Gasteiger charge is -2.10. The summed E-state index contributed by atoms with van der Waals surface area (Å²) in [5.41, 5.74) is 0.518. The lowest BCUT2D eigenvalue weighted by atomic mass is 10.0. The molecule has 0 aliphatic heterocycles. The van der Waals surface area contributed by atoms with Gasteiger partial charge in [0.1, 0.15) is 0 Å². The van der Waals surface area contributed by atoms with Crippen LogP contribution in [0, 0.1) is 6.92 Å². The fraction of sp³-hybridized carbons (Fsp3) is 0.300. The number of halogens is 3. The van der Waals surface area contributed by atoms with Gasteiger partial charge in [-0.2, -0.15) is 13.2 Å². The Labute approximate surface area is 85.1 Å². The third-order valence-corrected chi connectivity index (χ3v) is 2.05. The zero-order valence-electron chi connectivity index (χ0n) is 8.06. The lowest BCUT2D eigenvalue weighted by molar-refractivity contribution is -0.137. The average Bonchev–Trinajstić information content (AvgIpc) is 2.14. The Bertz CT molecular complexity index is 360. The van der Waals surface area contributed by atoms with Crippen molar-refractivity contribution in [3.63, 3.8) is 0 Å². The van der Waals surface area contributed by atoms with E-state index in [4.69, 9.17) is 0 Å². The maximum atomic E-state index is 12.3. The molecule has 1 N–H and O–H groups in total. The van der Waals surface area contributed by atoms with E-state index in [1.165, 1.54) is 6.07 Å². The van der Waals surface area contributed by atoms with Crippen molar-refractivity contribution in [3.05, 3.63) is 34.9 Å². The van der Waals surface area contributed by atoms with E-state index in [1.807, 2.05) is 0 Å². The summed E-state index contributed by atoms with van der Waals surface area (Å²) in [4.78, 5) is 10.0. The first-order chi connectivity index (χ1) is 6.95. The maximum absolute atomic E-state index is 12.3. The van der Waals surface area contributed by atoms with Gasteiger partial charge in [-0.05, 0) is 30.2 Å². The standard InChI is InChI=1S/C10H10F3NO/c1-7-4-9(10(11,12)13)3-2-8(7)5-14-6-15/h2-4,6H,5H2,1H3,(H,14,15). The van der Waals surface area contributed by atoms with Gasteiger partial charge in [0, 0.05) is 6.54 Å². The smallest absolute Gasteiger partial charge is 0.355 e. The Morgan fingerprint density at radius 3 is 2.53 bits per heavy atom. The number of amides is 1. The van der Waals surface area contributed by atoms with E-state index in [-0.39, 0.29) is 6.54 Å². The molecule has 82 valence electrons. The minimum Gasteiger partial charge on any atom is -0.355 e. The largest absolute Gasteiger partial charge is 0.416 e. The molecule has 5 heteroatoms. The first-order valence-electron chi connectivity index (χ1n) is 4.29. The van der Waals surface area contributed by atoms with Gasteiger partial charge < -0.3 is 5.32 Å². The molecule has 0 unspecified atom stereocenters. The SMILES string of the molecule is Cc1cc(C(F)(F)F)ccc1CNC=O. The molecule has 1 amide bonds. The third-order valence-electron chi connectivity index (χ3n) is 2.05. The summed E-state index contributed by atoms with van der Waals surface area (Å²) in [6.07, 6.45) is -3.81. The van der Waals surface area contributed by atoms with Gasteiger partial charge in [-0.25, -0.2) is 0 Å². The number of nitrogens with one attached hydrogen (secondary N) is 1. The maximum Gasteiger partial charge on any atom is 0.416 e. The minimum absolute atomic E-state index is 0.244. The molecule has 0 bridgehead atoms. The highest BCUT2D eigenvalue weighted by Crippen LogP contribution is 2.30. The number of hydrogen-bond donors (Lipinski definition) is 1. The molecule has 0 heterocycles. The third kappa shape index (κ3) is 2.97. The predicted octanol–water partition coefficient (Wildman–Crippen LogP) is 2.26. The molecule has 15 heavy (non-hydrogen) atoms. The van der Waals surface area contributed by atoms with Crippen molar-refractivity contribution >= 4 is 6.41 Å². The number of hydrogen-bond acceptors (Lipinski definition) is 1. The Morgan fingerprint density at radius 2 is 2.07 bits per heavy atom. The zero-order valence-corrected chi connectivity index (χ0v) is 8.06. The molecule has 1 rings (SSSR count). The second-order valence-electron chi connectivity index (χ2n) is 3.14. The average molecular weight is 217 g/mol. The van der Waals surface area contributed by atoms with Gasteiger partial charge in [0.15, 0.2) is 0 Å². The van der Waals surface area contributed by atoms with Crippen LogP contribution in [-0.4, -0.2) is 6.41 Å². The van der Waals surface area contributed by atoms with Crippen molar-refractivity contribution in [2.45, 2.75) is 19.6 Å². The Balaban J connectivity index is 2.93. The van der Waals surface area contributed by atoms with Gasteiger partial charge in [-0.3, -0.25) is 4.79 Å². The van der Waals surface area contributed by atoms with Crippen LogP contribution in [0.3, 0.4) is 0 Å². The first kappa shape index (κ1) is 11.6. The molecule has 0 atom stereocenters. The molecular weight excluding hydrogens is 207 g/mol. The van der Waals surface area contributed by atoms with Crippen molar-refractivity contribution in [1.82, 2.24) is 5.32 Å². The monoisotopic (exact) mass is 217 g/mol. The highest BCUT2D eigenvalue weighted by atomic mass is 19.4. The van der Waals surface area contributed by atoms with Crippen molar-refractivity contribution in [3.8, 4) is 0 Å². The first-order valence-corrected chi connectivity index (χ1v) is 4.29. The fourth-order valence-corrected chi connectivity index (χ4v) is 1.22. The summed E-state index contributed by atoms with van der Waals surface area (Å²) in [5, 5.41) is 2.40. The van der Waals surface area contributed by atoms with Gasteiger partial charge in [-0.1, -0.05) is 6.07 Å². The van der Waals surface area contributed by atoms with E-state index in [0.29, 0.717) is 17.5 Å². The summed E-state index contributed by atoms with van der Waals surface area (Å²) >= 11 is 0. The van der Waals surface area contributed by atoms with Crippen LogP contribution in [0.25, 0.3) is 0 Å². The highest BCUT2D eigenvalue weighted by molar-refractivity contribution is 5.46. The van der Waals surface area contributed by atoms with E-state index in [2.05, 4.69) is 5.32 Å². The number of alkyl halides is 3. The lowest BCUT2D eigenvalue weighted by Crippen LogP contribution is -2.12. The van der Waals surface area contributed by atoms with Crippen molar-refractivity contribution in [1.29, 1.82) is 0 Å². The normalized spacial score (nSPS) is 11.2. The van der Waals surface area contributed by atoms with Gasteiger partial charge in [0.05, 0.1) is 5.56 Å². The molecule has 0 spiro atoms. The molecule has 0 saturated carbocycles. The van der Waals surface area contributed by atoms with Crippen LogP contribution in [0.2, 0.25) is 0 Å². The Kier molecular flexibility index (Phi) is 3.34. The molecule has 1 aromatic carbocycles. The molecule has 0 saturated heterocycles. The quantitative estimate of drug-likeness (QED) is 0.773. The van der Waals surface area contributed by atoms with Gasteiger partial charge >= 0.3 is 6.18 Å². The molecule has 0 radical (unpaired) electrons. The molecule has 0 fully saturated rings. The van der Waals surface area contributed by atoms with Crippen LogP contribution in [0.5, 0.6) is 0 Å². The number of carbonyl (C=O) groups is 1. The van der Waals surface area contributed by atoms with Crippen molar-refractivity contribution in [2.75, 3.05) is 0 Å². The number of carbonyl (C=O) groups excluding carboxylic acids is 1. The fourth-order valence-electron chi connectivity index (χ4n) is 1.22. The summed E-state index contributed by atoms with van der Waals surface area (Å²) < 4.78 is 36.8. The van der Waals surface area contributed by atoms with Gasteiger partial charge in [0.25, 0.3) is 0 Å². The Hall–Kier alpha value is -1.52. The predicted molar refractivity (Wildman–Crippen MR) is 49.1 cm³/mol. The van der Waals surface area contributed by atoms with Crippen molar-refractivity contribution < 1.29 is 18.0 Å². The van der Waals surface area contributed by atoms with Gasteiger partial charge in [0.2, 0.25) is 6.41 Å². The zero-order chi connectivity index (χ0) is 11.5. The van der Waals surface area contributed by atoms with E-state index in [0.717, 1.165) is 12.1 Å². The molecular formula is C10H10F3NO. The van der Waals surface area contributed by atoms with Crippen LogP contribution in [0.1, 0.15) is 16.7 Å². The van der Waals surface area contributed by atoms with Crippen LogP contribution in [0.15, 0.2) is 18.2 Å². The molecule has 0 aromatic heterocycles. The van der Waals surface area contributed by atoms with E-state index in [1.54, 1.807) is 6.92 Å². The summed E-state index contributed by atoms with van der Waals surface area (Å²) in [5.74, 6) is 0. The summed E-state index contributed by atoms with van der Waals surface area (Å²) in [6, 6.07) is 3.45. The highest BCUT2D eigenvalue weighted by Gasteiger charge is 2.30. The van der Waals surface area contributed by atoms with E-state index < -0.39 is 11.7 Å². The number of aryl methyl sites for hydroxylation is 1. The second kappa shape index (κ2) is 4.33. The van der Waals surface area contributed by atoms with Crippen LogP contribution < -0.4 is 5.32 Å². The van der Waals surface area contributed by atoms with E-state index in [9.17, 15) is 18.0 Å².